The van der Waals surface area contributed by atoms with E-state index in [9.17, 15) is 4.79 Å². The second kappa shape index (κ2) is 5.91. The largest absolute Gasteiger partial charge is 0.483 e. The molecule has 0 fully saturated rings. The molecule has 0 radical (unpaired) electrons. The number of pyridine rings is 1. The summed E-state index contributed by atoms with van der Waals surface area (Å²) in [5.74, 6) is 1.60. The van der Waals surface area contributed by atoms with Gasteiger partial charge in [0.15, 0.2) is 18.1 Å². The molecule has 23 heavy (non-hydrogen) atoms. The van der Waals surface area contributed by atoms with E-state index >= 15 is 0 Å². The molecule has 1 aliphatic rings. The first-order valence-corrected chi connectivity index (χ1v) is 7.60. The van der Waals surface area contributed by atoms with Gasteiger partial charge in [-0.15, -0.1) is 0 Å². The van der Waals surface area contributed by atoms with Crippen LogP contribution in [0.2, 0.25) is 0 Å². The van der Waals surface area contributed by atoms with Gasteiger partial charge in [-0.05, 0) is 39.0 Å². The van der Waals surface area contributed by atoms with Gasteiger partial charge in [-0.2, -0.15) is 0 Å². The number of para-hydroxylation sites is 1. The number of rotatable bonds is 4. The lowest BCUT2D eigenvalue weighted by atomic mass is 10.0. The first kappa shape index (κ1) is 15.3. The minimum atomic E-state index is -0.252. The van der Waals surface area contributed by atoms with Crippen LogP contribution in [-0.4, -0.2) is 23.1 Å². The second-order valence-corrected chi connectivity index (χ2v) is 6.28. The average molecular weight is 312 g/mol. The summed E-state index contributed by atoms with van der Waals surface area (Å²) in [5.41, 5.74) is 1.71. The number of carbonyl (C=O) groups is 1. The van der Waals surface area contributed by atoms with Crippen LogP contribution in [0.25, 0.3) is 0 Å². The molecule has 2 heterocycles. The molecule has 1 aromatic heterocycles. The molecule has 0 spiro atoms. The number of fused-ring (bicyclic) bond motifs is 1. The van der Waals surface area contributed by atoms with Crippen LogP contribution < -0.4 is 14.8 Å². The van der Waals surface area contributed by atoms with E-state index in [0.29, 0.717) is 11.6 Å². The molecule has 120 valence electrons. The number of hydrogen-bond donors (Lipinski definition) is 1. The van der Waals surface area contributed by atoms with Crippen molar-refractivity contribution in [3.8, 4) is 11.5 Å². The molecule has 0 saturated heterocycles. The summed E-state index contributed by atoms with van der Waals surface area (Å²) in [6.45, 7) is 5.86. The third kappa shape index (κ3) is 3.62. The minimum Gasteiger partial charge on any atom is -0.483 e. The lowest BCUT2D eigenvalue weighted by Gasteiger charge is -2.18. The van der Waals surface area contributed by atoms with Crippen molar-refractivity contribution < 1.29 is 14.3 Å². The monoisotopic (exact) mass is 312 g/mol. The predicted molar refractivity (Wildman–Crippen MR) is 88.0 cm³/mol. The van der Waals surface area contributed by atoms with Gasteiger partial charge in [0.1, 0.15) is 11.4 Å². The summed E-state index contributed by atoms with van der Waals surface area (Å²) >= 11 is 0. The summed E-state index contributed by atoms with van der Waals surface area (Å²) < 4.78 is 11.6. The SMILES string of the molecule is Cc1cccc(NC(=O)COc2cccc3c2OC(C)(C)C3)n1. The first-order chi connectivity index (χ1) is 10.9. The van der Waals surface area contributed by atoms with Gasteiger partial charge in [-0.25, -0.2) is 4.98 Å². The van der Waals surface area contributed by atoms with Gasteiger partial charge in [0, 0.05) is 17.7 Å². The average Bonchev–Trinajstić information content (AvgIpc) is 2.79. The van der Waals surface area contributed by atoms with Gasteiger partial charge < -0.3 is 14.8 Å². The van der Waals surface area contributed by atoms with Gasteiger partial charge >= 0.3 is 0 Å². The van der Waals surface area contributed by atoms with Gasteiger partial charge in [0.25, 0.3) is 5.91 Å². The molecule has 1 amide bonds. The number of amides is 1. The number of anilines is 1. The van der Waals surface area contributed by atoms with Crippen LogP contribution in [0.4, 0.5) is 5.82 Å². The number of ether oxygens (including phenoxy) is 2. The molecule has 5 nitrogen and oxygen atoms in total. The fraction of sp³-hybridized carbons (Fsp3) is 0.333. The predicted octanol–water partition coefficient (Wildman–Crippen LogP) is 3.12. The van der Waals surface area contributed by atoms with Crippen molar-refractivity contribution in [3.05, 3.63) is 47.7 Å². The van der Waals surface area contributed by atoms with Crippen LogP contribution in [0.3, 0.4) is 0 Å². The zero-order chi connectivity index (χ0) is 16.4. The maximum atomic E-state index is 12.0. The van der Waals surface area contributed by atoms with E-state index in [0.717, 1.165) is 23.4 Å². The summed E-state index contributed by atoms with van der Waals surface area (Å²) in [6.07, 6.45) is 0.832. The molecule has 0 aliphatic carbocycles. The van der Waals surface area contributed by atoms with Crippen molar-refractivity contribution in [1.29, 1.82) is 0 Å². The minimum absolute atomic E-state index is 0.0874. The van der Waals surface area contributed by atoms with Crippen LogP contribution in [0.5, 0.6) is 11.5 Å². The Hall–Kier alpha value is -2.56. The van der Waals surface area contributed by atoms with E-state index in [2.05, 4.69) is 10.3 Å². The Morgan fingerprint density at radius 2 is 2.09 bits per heavy atom. The molecule has 1 aromatic carbocycles. The molecular weight excluding hydrogens is 292 g/mol. The van der Waals surface area contributed by atoms with Crippen LogP contribution in [-0.2, 0) is 11.2 Å². The number of carbonyl (C=O) groups excluding carboxylic acids is 1. The number of aromatic nitrogens is 1. The summed E-state index contributed by atoms with van der Waals surface area (Å²) in [4.78, 5) is 16.2. The highest BCUT2D eigenvalue weighted by molar-refractivity contribution is 5.91. The zero-order valence-corrected chi connectivity index (χ0v) is 13.6. The number of nitrogens with one attached hydrogen (secondary N) is 1. The number of hydrogen-bond acceptors (Lipinski definition) is 4. The molecule has 5 heteroatoms. The Labute approximate surface area is 135 Å². The molecule has 1 aliphatic heterocycles. The first-order valence-electron chi connectivity index (χ1n) is 7.60. The Balaban J connectivity index is 1.63. The Morgan fingerprint density at radius 1 is 1.30 bits per heavy atom. The maximum Gasteiger partial charge on any atom is 0.263 e. The van der Waals surface area contributed by atoms with Gasteiger partial charge in [0.2, 0.25) is 0 Å². The molecule has 1 N–H and O–H groups in total. The van der Waals surface area contributed by atoms with Crippen LogP contribution in [0.1, 0.15) is 25.1 Å². The van der Waals surface area contributed by atoms with E-state index in [4.69, 9.17) is 9.47 Å². The van der Waals surface area contributed by atoms with E-state index in [-0.39, 0.29) is 18.1 Å². The van der Waals surface area contributed by atoms with E-state index in [1.165, 1.54) is 0 Å². The van der Waals surface area contributed by atoms with Crippen molar-refractivity contribution >= 4 is 11.7 Å². The standard InChI is InChI=1S/C18H20N2O3/c1-12-6-4-9-15(19-12)20-16(21)11-22-14-8-5-7-13-10-18(2,3)23-17(13)14/h4-9H,10-11H2,1-3H3,(H,19,20,21). The lowest BCUT2D eigenvalue weighted by Crippen LogP contribution is -2.25. The Morgan fingerprint density at radius 3 is 2.87 bits per heavy atom. The smallest absolute Gasteiger partial charge is 0.263 e. The number of nitrogens with zero attached hydrogens (tertiary/aromatic N) is 1. The van der Waals surface area contributed by atoms with E-state index in [1.54, 1.807) is 6.07 Å². The molecule has 0 atom stereocenters. The molecule has 0 unspecified atom stereocenters. The summed E-state index contributed by atoms with van der Waals surface area (Å²) in [5, 5.41) is 2.72. The van der Waals surface area contributed by atoms with Gasteiger partial charge in [0.05, 0.1) is 0 Å². The highest BCUT2D eigenvalue weighted by Gasteiger charge is 2.32. The van der Waals surface area contributed by atoms with Crippen LogP contribution in [0.15, 0.2) is 36.4 Å². The maximum absolute atomic E-state index is 12.0. The molecule has 0 saturated carbocycles. The quantitative estimate of drug-likeness (QED) is 0.942. The molecular formula is C18H20N2O3. The van der Waals surface area contributed by atoms with Crippen molar-refractivity contribution in [3.63, 3.8) is 0 Å². The van der Waals surface area contributed by atoms with E-state index < -0.39 is 0 Å². The molecule has 2 aromatic rings. The van der Waals surface area contributed by atoms with Gasteiger partial charge in [-0.3, -0.25) is 4.79 Å². The van der Waals surface area contributed by atoms with Crippen molar-refractivity contribution in [2.75, 3.05) is 11.9 Å². The van der Waals surface area contributed by atoms with Gasteiger partial charge in [-0.1, -0.05) is 18.2 Å². The Kier molecular flexibility index (Phi) is 3.94. The fourth-order valence-corrected chi connectivity index (χ4v) is 2.64. The molecule has 3 rings (SSSR count). The summed E-state index contributed by atoms with van der Waals surface area (Å²) in [7, 11) is 0. The highest BCUT2D eigenvalue weighted by Crippen LogP contribution is 2.41. The zero-order valence-electron chi connectivity index (χ0n) is 13.6. The van der Waals surface area contributed by atoms with E-state index in [1.807, 2.05) is 51.1 Å². The normalized spacial score (nSPS) is 14.7. The third-order valence-corrected chi connectivity index (χ3v) is 3.57. The van der Waals surface area contributed by atoms with Crippen LogP contribution >= 0.6 is 0 Å². The van der Waals surface area contributed by atoms with Crippen LogP contribution in [0, 0.1) is 6.92 Å². The van der Waals surface area contributed by atoms with Crippen molar-refractivity contribution in [2.45, 2.75) is 32.8 Å². The van der Waals surface area contributed by atoms with Crippen molar-refractivity contribution in [1.82, 2.24) is 4.98 Å². The topological polar surface area (TPSA) is 60.5 Å². The van der Waals surface area contributed by atoms with Crippen molar-refractivity contribution in [2.24, 2.45) is 0 Å². The lowest BCUT2D eigenvalue weighted by molar-refractivity contribution is -0.118. The number of benzene rings is 1. The summed E-state index contributed by atoms with van der Waals surface area (Å²) in [6, 6.07) is 11.2. The Bertz CT molecular complexity index is 741. The fourth-order valence-electron chi connectivity index (χ4n) is 2.64. The number of aryl methyl sites for hydroxylation is 1. The second-order valence-electron chi connectivity index (χ2n) is 6.28. The third-order valence-electron chi connectivity index (χ3n) is 3.57. The molecule has 0 bridgehead atoms. The highest BCUT2D eigenvalue weighted by atomic mass is 16.5.